The molecular formula is C17H21NO2. The average molecular weight is 271 g/mol. The van der Waals surface area contributed by atoms with Crippen molar-refractivity contribution in [2.45, 2.75) is 51.0 Å². The van der Waals surface area contributed by atoms with Crippen molar-refractivity contribution in [2.75, 3.05) is 0 Å². The second kappa shape index (κ2) is 5.39. The van der Waals surface area contributed by atoms with Gasteiger partial charge in [-0.3, -0.25) is 10.1 Å². The van der Waals surface area contributed by atoms with E-state index in [-0.39, 0.29) is 16.8 Å². The van der Waals surface area contributed by atoms with Crippen molar-refractivity contribution in [1.29, 1.82) is 0 Å². The number of hydrogen-bond donors (Lipinski definition) is 0. The van der Waals surface area contributed by atoms with Crippen molar-refractivity contribution in [1.82, 2.24) is 0 Å². The first-order valence-electron chi connectivity index (χ1n) is 7.55. The van der Waals surface area contributed by atoms with Crippen LogP contribution in [0.1, 0.15) is 50.5 Å². The van der Waals surface area contributed by atoms with Crippen molar-refractivity contribution in [3.05, 3.63) is 57.2 Å². The molecule has 0 saturated heterocycles. The predicted octanol–water partition coefficient (Wildman–Crippen LogP) is 4.33. The quantitative estimate of drug-likeness (QED) is 0.456. The molecule has 2 aliphatic rings. The smallest absolute Gasteiger partial charge is 0.226 e. The fourth-order valence-electron chi connectivity index (χ4n) is 4.12. The van der Waals surface area contributed by atoms with Crippen LogP contribution in [0.5, 0.6) is 0 Å². The van der Waals surface area contributed by atoms with Gasteiger partial charge >= 0.3 is 0 Å². The first-order valence-corrected chi connectivity index (χ1v) is 7.55. The zero-order valence-corrected chi connectivity index (χ0v) is 11.9. The summed E-state index contributed by atoms with van der Waals surface area (Å²) >= 11 is 0. The largest absolute Gasteiger partial charge is 0.264 e. The van der Waals surface area contributed by atoms with Crippen molar-refractivity contribution in [3.8, 4) is 0 Å². The molecule has 2 aliphatic carbocycles. The number of allylic oxidation sites excluding steroid dienone is 1. The molecule has 0 unspecified atom stereocenters. The van der Waals surface area contributed by atoms with Crippen LogP contribution in [0, 0.1) is 16.0 Å². The van der Waals surface area contributed by atoms with E-state index in [1.807, 2.05) is 30.3 Å². The molecular weight excluding hydrogens is 250 g/mol. The molecule has 106 valence electrons. The highest BCUT2D eigenvalue weighted by Gasteiger charge is 2.45. The first-order chi connectivity index (χ1) is 9.68. The molecule has 0 amide bonds. The Morgan fingerprint density at radius 3 is 2.60 bits per heavy atom. The number of fused-ring (bicyclic) bond motifs is 1. The molecule has 0 aromatic heterocycles. The van der Waals surface area contributed by atoms with E-state index in [1.165, 1.54) is 17.6 Å². The molecule has 3 atom stereocenters. The molecule has 1 aromatic rings. The summed E-state index contributed by atoms with van der Waals surface area (Å²) in [4.78, 5) is 11.7. The summed E-state index contributed by atoms with van der Waals surface area (Å²) in [6.07, 6.45) is 5.24. The highest BCUT2D eigenvalue weighted by molar-refractivity contribution is 5.31. The fourth-order valence-corrected chi connectivity index (χ4v) is 4.12. The van der Waals surface area contributed by atoms with Crippen molar-refractivity contribution in [3.63, 3.8) is 0 Å². The van der Waals surface area contributed by atoms with E-state index in [0.717, 1.165) is 31.2 Å². The molecule has 0 N–H and O–H groups in total. The molecule has 1 fully saturated rings. The van der Waals surface area contributed by atoms with Gasteiger partial charge in [-0.25, -0.2) is 0 Å². The Hall–Kier alpha value is -1.64. The third-order valence-corrected chi connectivity index (χ3v) is 5.03. The number of rotatable bonds is 2. The third-order valence-electron chi connectivity index (χ3n) is 5.03. The molecule has 1 aromatic carbocycles. The lowest BCUT2D eigenvalue weighted by molar-refractivity contribution is -0.536. The van der Waals surface area contributed by atoms with E-state index in [9.17, 15) is 10.1 Å². The van der Waals surface area contributed by atoms with E-state index in [4.69, 9.17) is 0 Å². The van der Waals surface area contributed by atoms with E-state index >= 15 is 0 Å². The zero-order valence-electron chi connectivity index (χ0n) is 11.9. The summed E-state index contributed by atoms with van der Waals surface area (Å²) in [6.45, 7) is 2.18. The topological polar surface area (TPSA) is 43.1 Å². The Kier molecular flexibility index (Phi) is 3.60. The summed E-state index contributed by atoms with van der Waals surface area (Å²) in [6, 6.07) is 9.60. The Bertz CT molecular complexity index is 535. The van der Waals surface area contributed by atoms with Gasteiger partial charge in [-0.2, -0.15) is 0 Å². The maximum atomic E-state index is 11.7. The third kappa shape index (κ3) is 2.26. The first kappa shape index (κ1) is 13.3. The summed E-state index contributed by atoms with van der Waals surface area (Å²) in [5, 5.41) is 11.7. The van der Waals surface area contributed by atoms with Gasteiger partial charge in [0, 0.05) is 10.8 Å². The minimum atomic E-state index is -0.434. The number of hydrogen-bond acceptors (Lipinski definition) is 2. The van der Waals surface area contributed by atoms with Gasteiger partial charge in [-0.05, 0) is 38.2 Å². The molecule has 0 heterocycles. The Morgan fingerprint density at radius 1 is 1.15 bits per heavy atom. The van der Waals surface area contributed by atoms with Crippen LogP contribution in [-0.2, 0) is 0 Å². The van der Waals surface area contributed by atoms with Crippen molar-refractivity contribution >= 4 is 0 Å². The van der Waals surface area contributed by atoms with Gasteiger partial charge in [0.2, 0.25) is 6.04 Å². The van der Waals surface area contributed by atoms with Crippen LogP contribution in [0.3, 0.4) is 0 Å². The summed E-state index contributed by atoms with van der Waals surface area (Å²) in [5.74, 6) is 0.204. The summed E-state index contributed by atoms with van der Waals surface area (Å²) < 4.78 is 0. The second-order valence-electron chi connectivity index (χ2n) is 6.16. The van der Waals surface area contributed by atoms with Crippen molar-refractivity contribution in [2.24, 2.45) is 5.92 Å². The number of benzene rings is 1. The minimum absolute atomic E-state index is 0.0138. The molecule has 0 bridgehead atoms. The van der Waals surface area contributed by atoms with Crippen LogP contribution >= 0.6 is 0 Å². The Morgan fingerprint density at radius 2 is 1.90 bits per heavy atom. The van der Waals surface area contributed by atoms with E-state index in [2.05, 4.69) is 6.92 Å². The number of nitro groups is 1. The van der Waals surface area contributed by atoms with E-state index < -0.39 is 6.04 Å². The van der Waals surface area contributed by atoms with Gasteiger partial charge in [0.05, 0.1) is 5.92 Å². The lowest BCUT2D eigenvalue weighted by Gasteiger charge is -2.38. The molecule has 20 heavy (non-hydrogen) atoms. The Labute approximate surface area is 119 Å². The average Bonchev–Trinajstić information content (AvgIpc) is 2.47. The lowest BCUT2D eigenvalue weighted by Crippen LogP contribution is -2.40. The predicted molar refractivity (Wildman–Crippen MR) is 79.2 cm³/mol. The SMILES string of the molecule is CC1=C2CCCC[C@H]2[C@H]([N+](=O)[O-])[C@@H](c2ccccc2)C1. The van der Waals surface area contributed by atoms with Crippen LogP contribution in [0.25, 0.3) is 0 Å². The monoisotopic (exact) mass is 271 g/mol. The van der Waals surface area contributed by atoms with Gasteiger partial charge in [-0.15, -0.1) is 0 Å². The van der Waals surface area contributed by atoms with Crippen LogP contribution in [0.4, 0.5) is 0 Å². The Balaban J connectivity index is 2.02. The highest BCUT2D eigenvalue weighted by atomic mass is 16.6. The van der Waals surface area contributed by atoms with E-state index in [1.54, 1.807) is 0 Å². The van der Waals surface area contributed by atoms with Gasteiger partial charge in [0.1, 0.15) is 0 Å². The zero-order chi connectivity index (χ0) is 14.1. The van der Waals surface area contributed by atoms with Gasteiger partial charge < -0.3 is 0 Å². The van der Waals surface area contributed by atoms with Gasteiger partial charge in [0.15, 0.2) is 0 Å². The lowest BCUT2D eigenvalue weighted by atomic mass is 9.66. The molecule has 3 nitrogen and oxygen atoms in total. The molecule has 0 aliphatic heterocycles. The van der Waals surface area contributed by atoms with Gasteiger partial charge in [0.25, 0.3) is 0 Å². The fraction of sp³-hybridized carbons (Fsp3) is 0.529. The molecule has 3 heteroatoms. The maximum Gasteiger partial charge on any atom is 0.226 e. The van der Waals surface area contributed by atoms with E-state index in [0.29, 0.717) is 0 Å². The maximum absolute atomic E-state index is 11.7. The summed E-state index contributed by atoms with van der Waals surface area (Å²) in [7, 11) is 0. The van der Waals surface area contributed by atoms with Gasteiger partial charge in [-0.1, -0.05) is 47.9 Å². The minimum Gasteiger partial charge on any atom is -0.264 e. The molecule has 1 saturated carbocycles. The summed E-state index contributed by atoms with van der Waals surface area (Å²) in [5.41, 5.74) is 3.92. The van der Waals surface area contributed by atoms with Crippen LogP contribution in [-0.4, -0.2) is 11.0 Å². The van der Waals surface area contributed by atoms with Crippen LogP contribution in [0.2, 0.25) is 0 Å². The molecule has 0 spiro atoms. The molecule has 0 radical (unpaired) electrons. The normalized spacial score (nSPS) is 29.9. The van der Waals surface area contributed by atoms with Crippen molar-refractivity contribution < 1.29 is 4.92 Å². The second-order valence-corrected chi connectivity index (χ2v) is 6.16. The van der Waals surface area contributed by atoms with Crippen LogP contribution < -0.4 is 0 Å². The standard InChI is InChI=1S/C17H21NO2/c1-12-11-16(13-7-3-2-4-8-13)17(18(19)20)15-10-6-5-9-14(12)15/h2-4,7-8,15-17H,5-6,9-11H2,1H3/t15-,16-,17+/m1/s1. The van der Waals surface area contributed by atoms with Crippen LogP contribution in [0.15, 0.2) is 41.5 Å². The highest BCUT2D eigenvalue weighted by Crippen LogP contribution is 2.46. The number of nitrogens with zero attached hydrogens (tertiary/aromatic N) is 1. The molecule has 3 rings (SSSR count).